The zero-order chi connectivity index (χ0) is 14.6. The molecular formula is C16H15F2N3. The smallest absolute Gasteiger partial charge is 0.177 e. The van der Waals surface area contributed by atoms with E-state index in [1.54, 1.807) is 16.8 Å². The van der Waals surface area contributed by atoms with E-state index < -0.39 is 6.17 Å². The molecule has 108 valence electrons. The van der Waals surface area contributed by atoms with E-state index in [2.05, 4.69) is 16.7 Å². The third kappa shape index (κ3) is 2.07. The third-order valence-electron chi connectivity index (χ3n) is 4.28. The summed E-state index contributed by atoms with van der Waals surface area (Å²) < 4.78 is 28.9. The fourth-order valence-electron chi connectivity index (χ4n) is 2.89. The highest BCUT2D eigenvalue weighted by Gasteiger charge is 2.37. The Morgan fingerprint density at radius 3 is 2.62 bits per heavy atom. The van der Waals surface area contributed by atoms with Gasteiger partial charge in [0.05, 0.1) is 6.04 Å². The Bertz CT molecular complexity index is 701. The average Bonchev–Trinajstić information content (AvgIpc) is 3.16. The van der Waals surface area contributed by atoms with E-state index in [0.29, 0.717) is 24.0 Å². The largest absolute Gasteiger partial charge is 0.239 e. The van der Waals surface area contributed by atoms with Crippen molar-refractivity contribution >= 4 is 5.57 Å². The number of benzene rings is 1. The molecular weight excluding hydrogens is 272 g/mol. The Morgan fingerprint density at radius 1 is 1.24 bits per heavy atom. The molecule has 0 saturated heterocycles. The van der Waals surface area contributed by atoms with Crippen LogP contribution in [0.25, 0.3) is 5.57 Å². The molecule has 1 fully saturated rings. The van der Waals surface area contributed by atoms with E-state index in [1.807, 2.05) is 0 Å². The molecule has 0 unspecified atom stereocenters. The van der Waals surface area contributed by atoms with Crippen molar-refractivity contribution in [2.24, 2.45) is 5.92 Å². The molecule has 2 aliphatic rings. The van der Waals surface area contributed by atoms with E-state index in [1.165, 1.54) is 12.1 Å². The minimum atomic E-state index is -1.13. The predicted octanol–water partition coefficient (Wildman–Crippen LogP) is 3.84. The van der Waals surface area contributed by atoms with Crippen LogP contribution in [0.4, 0.5) is 8.78 Å². The number of fused-ring (bicyclic) bond motifs is 1. The molecule has 4 rings (SSSR count). The minimum Gasteiger partial charge on any atom is -0.239 e. The van der Waals surface area contributed by atoms with Gasteiger partial charge in [0.15, 0.2) is 17.8 Å². The van der Waals surface area contributed by atoms with Gasteiger partial charge in [0.2, 0.25) is 0 Å². The van der Waals surface area contributed by atoms with Crippen molar-refractivity contribution in [2.45, 2.75) is 31.5 Å². The van der Waals surface area contributed by atoms with Crippen LogP contribution in [-0.4, -0.2) is 14.8 Å². The van der Waals surface area contributed by atoms with Crippen LogP contribution in [0.5, 0.6) is 0 Å². The lowest BCUT2D eigenvalue weighted by molar-refractivity contribution is 0.328. The minimum absolute atomic E-state index is 0.219. The quantitative estimate of drug-likeness (QED) is 0.858. The maximum atomic E-state index is 14.2. The van der Waals surface area contributed by atoms with Gasteiger partial charge >= 0.3 is 0 Å². The molecule has 3 nitrogen and oxygen atoms in total. The highest BCUT2D eigenvalue weighted by molar-refractivity contribution is 5.61. The molecule has 0 spiro atoms. The second kappa shape index (κ2) is 4.48. The van der Waals surface area contributed by atoms with Gasteiger partial charge in [-0.3, -0.25) is 0 Å². The van der Waals surface area contributed by atoms with Crippen molar-refractivity contribution in [3.8, 4) is 0 Å². The maximum absolute atomic E-state index is 14.2. The Morgan fingerprint density at radius 2 is 1.95 bits per heavy atom. The fraction of sp³-hybridized carbons (Fsp3) is 0.375. The number of nitrogens with zero attached hydrogens (tertiary/aromatic N) is 3. The molecule has 1 aliphatic heterocycles. The summed E-state index contributed by atoms with van der Waals surface area (Å²) in [6.07, 6.45) is 1.40. The van der Waals surface area contributed by atoms with Gasteiger partial charge in [0.25, 0.3) is 0 Å². The summed E-state index contributed by atoms with van der Waals surface area (Å²) in [5, 5.41) is 4.45. The van der Waals surface area contributed by atoms with Crippen LogP contribution >= 0.6 is 0 Å². The fourth-order valence-corrected chi connectivity index (χ4v) is 2.89. The van der Waals surface area contributed by atoms with E-state index in [0.717, 1.165) is 24.0 Å². The standard InChI is InChI=1S/C16H15F2N3/c1-9(10-2-3-10)15-19-16-13(18)8-14(21(16)20-15)11-4-6-12(17)7-5-11/h4-7,10,13-14H,1-3,8H2/t13-,14-/m0/s1. The first-order valence-electron chi connectivity index (χ1n) is 7.18. The number of allylic oxidation sites excluding steroid dienone is 1. The van der Waals surface area contributed by atoms with Crippen LogP contribution in [0.3, 0.4) is 0 Å². The zero-order valence-electron chi connectivity index (χ0n) is 11.5. The highest BCUT2D eigenvalue weighted by atomic mass is 19.1. The predicted molar refractivity (Wildman–Crippen MR) is 74.8 cm³/mol. The van der Waals surface area contributed by atoms with Gasteiger partial charge in [-0.2, -0.15) is 5.10 Å². The lowest BCUT2D eigenvalue weighted by Crippen LogP contribution is -2.08. The van der Waals surface area contributed by atoms with Gasteiger partial charge in [-0.15, -0.1) is 0 Å². The van der Waals surface area contributed by atoms with Crippen molar-refractivity contribution in [2.75, 3.05) is 0 Å². The number of halogens is 2. The van der Waals surface area contributed by atoms with Crippen LogP contribution in [-0.2, 0) is 0 Å². The van der Waals surface area contributed by atoms with Crippen molar-refractivity contribution < 1.29 is 8.78 Å². The van der Waals surface area contributed by atoms with Gasteiger partial charge in [-0.25, -0.2) is 18.4 Å². The summed E-state index contributed by atoms with van der Waals surface area (Å²) in [5.74, 6) is 1.08. The van der Waals surface area contributed by atoms with Gasteiger partial charge < -0.3 is 0 Å². The second-order valence-electron chi connectivity index (χ2n) is 5.81. The monoisotopic (exact) mass is 287 g/mol. The summed E-state index contributed by atoms with van der Waals surface area (Å²) in [6.45, 7) is 4.02. The second-order valence-corrected chi connectivity index (χ2v) is 5.81. The van der Waals surface area contributed by atoms with E-state index >= 15 is 0 Å². The molecule has 0 amide bonds. The molecule has 0 bridgehead atoms. The third-order valence-corrected chi connectivity index (χ3v) is 4.28. The van der Waals surface area contributed by atoms with Gasteiger partial charge in [0.1, 0.15) is 5.82 Å². The number of hydrogen-bond donors (Lipinski definition) is 0. The lowest BCUT2D eigenvalue weighted by atomic mass is 10.0. The summed E-state index contributed by atoms with van der Waals surface area (Å²) in [6, 6.07) is 5.92. The molecule has 0 N–H and O–H groups in total. The van der Waals surface area contributed by atoms with Gasteiger partial charge in [-0.1, -0.05) is 18.7 Å². The Hall–Kier alpha value is -2.04. The molecule has 2 heterocycles. The van der Waals surface area contributed by atoms with Crippen LogP contribution < -0.4 is 0 Å². The van der Waals surface area contributed by atoms with Crippen molar-refractivity contribution in [3.05, 3.63) is 53.9 Å². The summed E-state index contributed by atoms with van der Waals surface area (Å²) in [4.78, 5) is 4.33. The first kappa shape index (κ1) is 12.7. The Labute approximate surface area is 121 Å². The zero-order valence-corrected chi connectivity index (χ0v) is 11.5. The van der Waals surface area contributed by atoms with E-state index in [-0.39, 0.29) is 11.9 Å². The van der Waals surface area contributed by atoms with Gasteiger partial charge in [0, 0.05) is 6.42 Å². The summed E-state index contributed by atoms with van der Waals surface area (Å²) in [5.41, 5.74) is 1.76. The number of aromatic nitrogens is 3. The normalized spacial score (nSPS) is 24.1. The van der Waals surface area contributed by atoms with Crippen LogP contribution in [0.2, 0.25) is 0 Å². The van der Waals surface area contributed by atoms with Crippen molar-refractivity contribution in [1.29, 1.82) is 0 Å². The number of alkyl halides is 1. The number of hydrogen-bond acceptors (Lipinski definition) is 2. The molecule has 2 atom stereocenters. The van der Waals surface area contributed by atoms with Crippen molar-refractivity contribution in [3.63, 3.8) is 0 Å². The molecule has 1 aliphatic carbocycles. The lowest BCUT2D eigenvalue weighted by Gasteiger charge is -2.11. The van der Waals surface area contributed by atoms with E-state index in [4.69, 9.17) is 0 Å². The average molecular weight is 287 g/mol. The number of rotatable bonds is 3. The Kier molecular flexibility index (Phi) is 2.71. The summed E-state index contributed by atoms with van der Waals surface area (Å²) in [7, 11) is 0. The van der Waals surface area contributed by atoms with Crippen molar-refractivity contribution in [1.82, 2.24) is 14.8 Å². The molecule has 2 aromatic rings. The summed E-state index contributed by atoms with van der Waals surface area (Å²) >= 11 is 0. The molecule has 5 heteroatoms. The molecule has 1 aromatic carbocycles. The van der Waals surface area contributed by atoms with Gasteiger partial charge in [-0.05, 0) is 42.0 Å². The first-order valence-corrected chi connectivity index (χ1v) is 7.18. The Balaban J connectivity index is 1.71. The topological polar surface area (TPSA) is 30.7 Å². The first-order chi connectivity index (χ1) is 10.1. The molecule has 21 heavy (non-hydrogen) atoms. The molecule has 1 saturated carbocycles. The molecule has 0 radical (unpaired) electrons. The van der Waals surface area contributed by atoms with Crippen LogP contribution in [0.1, 0.15) is 48.7 Å². The highest BCUT2D eigenvalue weighted by Crippen LogP contribution is 2.43. The maximum Gasteiger partial charge on any atom is 0.177 e. The van der Waals surface area contributed by atoms with Crippen LogP contribution in [0, 0.1) is 11.7 Å². The van der Waals surface area contributed by atoms with E-state index in [9.17, 15) is 8.78 Å². The molecule has 1 aromatic heterocycles. The van der Waals surface area contributed by atoms with Crippen LogP contribution in [0.15, 0.2) is 30.8 Å². The SMILES string of the molecule is C=C(c1nc2n(n1)[C@H](c1ccc(F)cc1)C[C@@H]2F)C1CC1.